The van der Waals surface area contributed by atoms with Crippen LogP contribution in [0.25, 0.3) is 5.82 Å². The predicted octanol–water partition coefficient (Wildman–Crippen LogP) is 3.40. The first-order chi connectivity index (χ1) is 15.2. The summed E-state index contributed by atoms with van der Waals surface area (Å²) in [6, 6.07) is 6.36. The summed E-state index contributed by atoms with van der Waals surface area (Å²) in [4.78, 5) is 14.7. The van der Waals surface area contributed by atoms with E-state index in [2.05, 4.69) is 32.9 Å². The average Bonchev–Trinajstić information content (AvgIpc) is 3.39. The van der Waals surface area contributed by atoms with E-state index in [4.69, 9.17) is 9.90 Å². The molecule has 3 aromatic heterocycles. The Morgan fingerprint density at radius 1 is 1.47 bits per heavy atom. The van der Waals surface area contributed by atoms with Crippen LogP contribution in [0.15, 0.2) is 30.7 Å². The number of carboxylic acid groups (broad SMARTS) is 1. The van der Waals surface area contributed by atoms with Crippen LogP contribution in [0, 0.1) is 18.3 Å². The van der Waals surface area contributed by atoms with Crippen molar-refractivity contribution in [3.8, 4) is 11.9 Å². The van der Waals surface area contributed by atoms with E-state index < -0.39 is 12.1 Å². The Morgan fingerprint density at radius 2 is 2.22 bits per heavy atom. The van der Waals surface area contributed by atoms with Gasteiger partial charge in [-0.05, 0) is 48.7 Å². The van der Waals surface area contributed by atoms with E-state index in [9.17, 15) is 18.4 Å². The molecule has 0 radical (unpaired) electrons. The molecule has 0 atom stereocenters. The van der Waals surface area contributed by atoms with Gasteiger partial charge in [0.25, 0.3) is 0 Å². The maximum Gasteiger partial charge on any atom is 0.490 e. The molecule has 0 amide bonds. The Morgan fingerprint density at radius 3 is 2.81 bits per heavy atom. The zero-order valence-corrected chi connectivity index (χ0v) is 17.7. The molecule has 168 valence electrons. The number of pyridine rings is 1. The first kappa shape index (κ1) is 23.2. The third-order valence-electron chi connectivity index (χ3n) is 4.56. The molecule has 4 rings (SSSR count). The van der Waals surface area contributed by atoms with E-state index in [1.165, 1.54) is 10.4 Å². The molecule has 1 aliphatic heterocycles. The number of aryl methyl sites for hydroxylation is 1. The maximum atomic E-state index is 10.6. The number of nitrogens with zero attached hydrogens (tertiary/aromatic N) is 4. The number of alkyl halides is 3. The fourth-order valence-corrected chi connectivity index (χ4v) is 4.28. The van der Waals surface area contributed by atoms with Crippen molar-refractivity contribution in [2.75, 3.05) is 11.9 Å². The lowest BCUT2D eigenvalue weighted by Gasteiger charge is -2.11. The molecule has 0 spiro atoms. The number of aliphatic carboxylic acids is 1. The number of thiophene rings is 1. The molecule has 32 heavy (non-hydrogen) atoms. The summed E-state index contributed by atoms with van der Waals surface area (Å²) in [5.74, 6) is -1.92. The molecular weight excluding hydrogens is 445 g/mol. The van der Waals surface area contributed by atoms with Gasteiger partial charge in [-0.1, -0.05) is 0 Å². The topological polar surface area (TPSA) is 116 Å². The van der Waals surface area contributed by atoms with Crippen LogP contribution >= 0.6 is 11.3 Å². The molecule has 0 aromatic carbocycles. The van der Waals surface area contributed by atoms with Gasteiger partial charge in [0.05, 0.1) is 5.56 Å². The second kappa shape index (κ2) is 9.80. The molecule has 8 nitrogen and oxygen atoms in total. The third kappa shape index (κ3) is 5.43. The van der Waals surface area contributed by atoms with Gasteiger partial charge < -0.3 is 15.7 Å². The minimum Gasteiger partial charge on any atom is -0.475 e. The van der Waals surface area contributed by atoms with Crippen molar-refractivity contribution in [3.63, 3.8) is 0 Å². The lowest BCUT2D eigenvalue weighted by Crippen LogP contribution is -2.22. The quantitative estimate of drug-likeness (QED) is 0.542. The molecule has 0 fully saturated rings. The van der Waals surface area contributed by atoms with Gasteiger partial charge in [0.2, 0.25) is 0 Å². The van der Waals surface area contributed by atoms with Gasteiger partial charge in [0.1, 0.15) is 11.1 Å². The summed E-state index contributed by atoms with van der Waals surface area (Å²) >= 11 is 1.68. The van der Waals surface area contributed by atoms with Gasteiger partial charge >= 0.3 is 12.1 Å². The Hall–Kier alpha value is -3.43. The molecule has 0 saturated heterocycles. The van der Waals surface area contributed by atoms with Gasteiger partial charge in [-0.25, -0.2) is 14.5 Å². The lowest BCUT2D eigenvalue weighted by molar-refractivity contribution is -0.192. The standard InChI is InChI=1S/C18H18N6S.C2HF3O2/c1-12-7-13(9-21-17(12)24-6-2-4-23-24)10-22-18-15(8-19)14-3-5-20-11-16(14)25-18;3-2(4,5)1(6)7/h2,4,6-7,9,20,22H,3,5,10-11H2,1H3;(H,6,7). The maximum absolute atomic E-state index is 10.6. The van der Waals surface area contributed by atoms with Crippen molar-refractivity contribution in [3.05, 3.63) is 57.9 Å². The second-order valence-corrected chi connectivity index (χ2v) is 7.94. The molecule has 0 aliphatic carbocycles. The third-order valence-corrected chi connectivity index (χ3v) is 5.75. The number of aromatic nitrogens is 3. The zero-order valence-electron chi connectivity index (χ0n) is 16.9. The predicted molar refractivity (Wildman–Crippen MR) is 112 cm³/mol. The molecule has 3 aromatic rings. The van der Waals surface area contributed by atoms with Gasteiger partial charge in [0, 0.05) is 36.6 Å². The highest BCUT2D eigenvalue weighted by Crippen LogP contribution is 2.35. The van der Waals surface area contributed by atoms with Crippen molar-refractivity contribution in [2.24, 2.45) is 0 Å². The van der Waals surface area contributed by atoms with Crippen molar-refractivity contribution in [1.29, 1.82) is 5.26 Å². The van der Waals surface area contributed by atoms with E-state index in [0.29, 0.717) is 6.54 Å². The number of fused-ring (bicyclic) bond motifs is 1. The number of carbonyl (C=O) groups is 1. The molecule has 0 unspecified atom stereocenters. The Bertz CT molecular complexity index is 1140. The fourth-order valence-electron chi connectivity index (χ4n) is 3.12. The first-order valence-corrected chi connectivity index (χ1v) is 10.3. The van der Waals surface area contributed by atoms with Crippen LogP contribution in [0.1, 0.15) is 27.1 Å². The van der Waals surface area contributed by atoms with Crippen molar-refractivity contribution in [2.45, 2.75) is 32.6 Å². The van der Waals surface area contributed by atoms with Crippen LogP contribution < -0.4 is 10.6 Å². The average molecular weight is 464 g/mol. The molecule has 0 bridgehead atoms. The van der Waals surface area contributed by atoms with Crippen molar-refractivity contribution in [1.82, 2.24) is 20.1 Å². The summed E-state index contributed by atoms with van der Waals surface area (Å²) in [6.07, 6.45) is 1.33. The molecule has 4 heterocycles. The SMILES string of the molecule is Cc1cc(CNc2sc3c(c2C#N)CCNC3)cnc1-n1cccn1.O=C(O)C(F)(F)F. The zero-order chi connectivity index (χ0) is 23.3. The van der Waals surface area contributed by atoms with E-state index in [1.54, 1.807) is 22.2 Å². The van der Waals surface area contributed by atoms with E-state index >= 15 is 0 Å². The van der Waals surface area contributed by atoms with Crippen LogP contribution in [0.4, 0.5) is 18.2 Å². The van der Waals surface area contributed by atoms with Crippen molar-refractivity contribution >= 4 is 22.3 Å². The highest BCUT2D eigenvalue weighted by Gasteiger charge is 2.38. The molecule has 3 N–H and O–H groups in total. The van der Waals surface area contributed by atoms with Gasteiger partial charge in [0.15, 0.2) is 5.82 Å². The van der Waals surface area contributed by atoms with Gasteiger partial charge in [-0.15, -0.1) is 11.3 Å². The summed E-state index contributed by atoms with van der Waals surface area (Å²) in [5.41, 5.74) is 4.16. The van der Waals surface area contributed by atoms with Crippen LogP contribution in [-0.2, 0) is 24.3 Å². The molecular formula is C20H19F3N6O2S. The minimum absolute atomic E-state index is 0.648. The number of rotatable bonds is 4. The number of hydrogen-bond donors (Lipinski definition) is 3. The van der Waals surface area contributed by atoms with E-state index in [1.807, 2.05) is 25.4 Å². The summed E-state index contributed by atoms with van der Waals surface area (Å²) in [6.45, 7) is 4.48. The lowest BCUT2D eigenvalue weighted by atomic mass is 10.1. The number of hydrogen-bond acceptors (Lipinski definition) is 7. The normalized spacial score (nSPS) is 12.8. The second-order valence-electron chi connectivity index (χ2n) is 6.84. The van der Waals surface area contributed by atoms with Crippen molar-refractivity contribution < 1.29 is 23.1 Å². The highest BCUT2D eigenvalue weighted by atomic mass is 32.1. The molecule has 12 heteroatoms. The Kier molecular flexibility index (Phi) is 7.12. The Balaban J connectivity index is 0.000000360. The smallest absolute Gasteiger partial charge is 0.475 e. The van der Waals surface area contributed by atoms with E-state index in [-0.39, 0.29) is 0 Å². The number of nitrogens with one attached hydrogen (secondary N) is 2. The van der Waals surface area contributed by atoms with Crippen LogP contribution in [0.5, 0.6) is 0 Å². The van der Waals surface area contributed by atoms with Gasteiger partial charge in [-0.3, -0.25) is 0 Å². The van der Waals surface area contributed by atoms with Crippen LogP contribution in [-0.4, -0.2) is 38.6 Å². The van der Waals surface area contributed by atoms with E-state index in [0.717, 1.165) is 47.0 Å². The minimum atomic E-state index is -5.08. The first-order valence-electron chi connectivity index (χ1n) is 9.45. The largest absolute Gasteiger partial charge is 0.490 e. The number of halogens is 3. The fraction of sp³-hybridized carbons (Fsp3) is 0.300. The number of nitriles is 1. The number of carboxylic acids is 1. The summed E-state index contributed by atoms with van der Waals surface area (Å²) in [5, 5.41) is 28.6. The van der Waals surface area contributed by atoms with Gasteiger partial charge in [-0.2, -0.15) is 23.5 Å². The summed E-state index contributed by atoms with van der Waals surface area (Å²) < 4.78 is 33.5. The van der Waals surface area contributed by atoms with Crippen LogP contribution in [0.2, 0.25) is 0 Å². The molecule has 0 saturated carbocycles. The monoisotopic (exact) mass is 464 g/mol. The summed E-state index contributed by atoms with van der Waals surface area (Å²) in [7, 11) is 0. The molecule has 1 aliphatic rings. The van der Waals surface area contributed by atoms with Crippen LogP contribution in [0.3, 0.4) is 0 Å². The highest BCUT2D eigenvalue weighted by molar-refractivity contribution is 7.16. The Labute approximate surface area is 185 Å². The number of anilines is 1.